The van der Waals surface area contributed by atoms with Gasteiger partial charge < -0.3 is 5.43 Å². The van der Waals surface area contributed by atoms with Crippen molar-refractivity contribution in [1.29, 1.82) is 0 Å². The Labute approximate surface area is 102 Å². The van der Waals surface area contributed by atoms with Crippen molar-refractivity contribution >= 4 is 27.9 Å². The van der Waals surface area contributed by atoms with Crippen molar-refractivity contribution in [2.24, 2.45) is 5.84 Å². The number of nitrogens with zero attached hydrogens (tertiary/aromatic N) is 2. The van der Waals surface area contributed by atoms with E-state index in [-0.39, 0.29) is 0 Å². The minimum Gasteiger partial charge on any atom is -0.306 e. The molecule has 3 rings (SSSR count). The monoisotopic (exact) mass is 242 g/mol. The third-order valence-corrected chi connectivity index (χ3v) is 3.46. The summed E-state index contributed by atoms with van der Waals surface area (Å²) in [6.45, 7) is 0. The molecule has 0 saturated heterocycles. The van der Waals surface area contributed by atoms with E-state index < -0.39 is 0 Å². The van der Waals surface area contributed by atoms with Crippen LogP contribution >= 0.6 is 11.3 Å². The molecular formula is C12H10N4S. The van der Waals surface area contributed by atoms with Crippen molar-refractivity contribution in [3.8, 4) is 10.6 Å². The molecule has 17 heavy (non-hydrogen) atoms. The Hall–Kier alpha value is -1.98. The van der Waals surface area contributed by atoms with Crippen molar-refractivity contribution in [1.82, 2.24) is 10.2 Å². The fraction of sp³-hybridized carbons (Fsp3) is 0. The molecule has 4 nitrogen and oxygen atoms in total. The van der Waals surface area contributed by atoms with Crippen LogP contribution in [0.5, 0.6) is 0 Å². The van der Waals surface area contributed by atoms with Crippen LogP contribution in [0.3, 0.4) is 0 Å². The van der Waals surface area contributed by atoms with E-state index in [4.69, 9.17) is 5.84 Å². The Morgan fingerprint density at radius 1 is 1.00 bits per heavy atom. The van der Waals surface area contributed by atoms with Crippen LogP contribution in [0.25, 0.3) is 21.3 Å². The van der Waals surface area contributed by atoms with E-state index in [0.29, 0.717) is 5.82 Å². The van der Waals surface area contributed by atoms with E-state index in [2.05, 4.69) is 15.6 Å². The molecule has 0 spiro atoms. The van der Waals surface area contributed by atoms with Gasteiger partial charge in [0.05, 0.1) is 4.88 Å². The van der Waals surface area contributed by atoms with Gasteiger partial charge in [0.2, 0.25) is 0 Å². The summed E-state index contributed by atoms with van der Waals surface area (Å²) < 4.78 is 0. The number of nitrogens with one attached hydrogen (secondary N) is 1. The van der Waals surface area contributed by atoms with Gasteiger partial charge in [-0.15, -0.1) is 21.5 Å². The number of nitrogen functional groups attached to an aromatic ring is 1. The molecule has 0 amide bonds. The standard InChI is InChI=1S/C12H10N4S/c13-14-12-9-5-2-1-4-8(9)11(15-16-12)10-6-3-7-17-10/h1-7H,13H2,(H,14,16). The lowest BCUT2D eigenvalue weighted by atomic mass is 10.1. The topological polar surface area (TPSA) is 63.8 Å². The van der Waals surface area contributed by atoms with Crippen LogP contribution in [-0.2, 0) is 0 Å². The highest BCUT2D eigenvalue weighted by molar-refractivity contribution is 7.13. The molecule has 0 unspecified atom stereocenters. The van der Waals surface area contributed by atoms with Gasteiger partial charge in [0, 0.05) is 10.8 Å². The Kier molecular flexibility index (Phi) is 2.47. The van der Waals surface area contributed by atoms with Gasteiger partial charge in [-0.2, -0.15) is 0 Å². The summed E-state index contributed by atoms with van der Waals surface area (Å²) in [6.07, 6.45) is 0. The fourth-order valence-corrected chi connectivity index (χ4v) is 2.53. The molecule has 5 heteroatoms. The molecule has 0 bridgehead atoms. The molecule has 0 fully saturated rings. The van der Waals surface area contributed by atoms with Crippen molar-refractivity contribution in [3.05, 3.63) is 41.8 Å². The molecule has 0 aliphatic carbocycles. The zero-order valence-electron chi connectivity index (χ0n) is 8.92. The van der Waals surface area contributed by atoms with Crippen LogP contribution in [0.1, 0.15) is 0 Å². The number of hydrazine groups is 1. The number of aromatic nitrogens is 2. The third kappa shape index (κ3) is 1.65. The maximum Gasteiger partial charge on any atom is 0.170 e. The average Bonchev–Trinajstić information content (AvgIpc) is 2.91. The number of hydrogen-bond donors (Lipinski definition) is 2. The smallest absolute Gasteiger partial charge is 0.170 e. The van der Waals surface area contributed by atoms with Crippen LogP contribution in [0, 0.1) is 0 Å². The number of rotatable bonds is 2. The molecule has 1 aromatic carbocycles. The summed E-state index contributed by atoms with van der Waals surface area (Å²) in [5.41, 5.74) is 3.47. The van der Waals surface area contributed by atoms with Crippen molar-refractivity contribution in [3.63, 3.8) is 0 Å². The Morgan fingerprint density at radius 2 is 1.82 bits per heavy atom. The van der Waals surface area contributed by atoms with Gasteiger partial charge in [-0.05, 0) is 11.4 Å². The van der Waals surface area contributed by atoms with E-state index in [1.54, 1.807) is 11.3 Å². The van der Waals surface area contributed by atoms with Gasteiger partial charge in [-0.1, -0.05) is 30.3 Å². The SMILES string of the molecule is NNc1nnc(-c2cccs2)c2ccccc12. The summed E-state index contributed by atoms with van der Waals surface area (Å²) >= 11 is 1.65. The van der Waals surface area contributed by atoms with E-state index in [9.17, 15) is 0 Å². The van der Waals surface area contributed by atoms with Crippen LogP contribution in [0.2, 0.25) is 0 Å². The highest BCUT2D eigenvalue weighted by atomic mass is 32.1. The van der Waals surface area contributed by atoms with E-state index in [1.807, 2.05) is 41.8 Å². The summed E-state index contributed by atoms with van der Waals surface area (Å²) in [4.78, 5) is 1.11. The van der Waals surface area contributed by atoms with Gasteiger partial charge in [-0.25, -0.2) is 5.84 Å². The van der Waals surface area contributed by atoms with Crippen LogP contribution in [0.15, 0.2) is 41.8 Å². The first kappa shape index (κ1) is 10.2. The lowest BCUT2D eigenvalue weighted by Gasteiger charge is -2.06. The average molecular weight is 242 g/mol. The molecule has 2 heterocycles. The summed E-state index contributed by atoms with van der Waals surface area (Å²) in [5.74, 6) is 6.03. The van der Waals surface area contributed by atoms with Gasteiger partial charge in [0.1, 0.15) is 5.69 Å². The minimum atomic E-state index is 0.598. The second kappa shape index (κ2) is 4.12. The second-order valence-corrected chi connectivity index (χ2v) is 4.51. The van der Waals surface area contributed by atoms with E-state index in [1.165, 1.54) is 0 Å². The van der Waals surface area contributed by atoms with Gasteiger partial charge in [0.15, 0.2) is 5.82 Å². The Morgan fingerprint density at radius 3 is 2.53 bits per heavy atom. The van der Waals surface area contributed by atoms with Crippen LogP contribution in [0.4, 0.5) is 5.82 Å². The molecule has 3 aromatic rings. The molecule has 0 atom stereocenters. The number of thiophene rings is 1. The predicted molar refractivity (Wildman–Crippen MR) is 70.7 cm³/mol. The summed E-state index contributed by atoms with van der Waals surface area (Å²) in [6, 6.07) is 12.0. The van der Waals surface area contributed by atoms with Crippen LogP contribution in [-0.4, -0.2) is 10.2 Å². The zero-order valence-corrected chi connectivity index (χ0v) is 9.74. The minimum absolute atomic E-state index is 0.598. The number of hydrogen-bond acceptors (Lipinski definition) is 5. The summed E-state index contributed by atoms with van der Waals surface area (Å²) in [7, 11) is 0. The molecule has 3 N–H and O–H groups in total. The summed E-state index contributed by atoms with van der Waals surface area (Å²) in [5, 5.41) is 12.4. The zero-order chi connectivity index (χ0) is 11.7. The molecule has 0 saturated carbocycles. The molecule has 84 valence electrons. The molecular weight excluding hydrogens is 232 g/mol. The Balaban J connectivity index is 2.34. The maximum absolute atomic E-state index is 5.43. The quantitative estimate of drug-likeness (QED) is 0.535. The van der Waals surface area contributed by atoms with Gasteiger partial charge in [-0.3, -0.25) is 0 Å². The Bertz CT molecular complexity index is 649. The molecule has 0 radical (unpaired) electrons. The van der Waals surface area contributed by atoms with Gasteiger partial charge in [0.25, 0.3) is 0 Å². The number of anilines is 1. The molecule has 0 aliphatic heterocycles. The predicted octanol–water partition coefficient (Wildman–Crippen LogP) is 2.64. The van der Waals surface area contributed by atoms with E-state index in [0.717, 1.165) is 21.3 Å². The van der Waals surface area contributed by atoms with Crippen molar-refractivity contribution in [2.75, 3.05) is 5.43 Å². The highest BCUT2D eigenvalue weighted by Gasteiger charge is 2.10. The normalized spacial score (nSPS) is 10.6. The maximum atomic E-state index is 5.43. The lowest BCUT2D eigenvalue weighted by molar-refractivity contribution is 1.05. The fourth-order valence-electron chi connectivity index (χ4n) is 1.81. The van der Waals surface area contributed by atoms with Crippen molar-refractivity contribution < 1.29 is 0 Å². The molecule has 0 aliphatic rings. The number of nitrogens with two attached hydrogens (primary N) is 1. The van der Waals surface area contributed by atoms with Crippen molar-refractivity contribution in [2.45, 2.75) is 0 Å². The lowest BCUT2D eigenvalue weighted by Crippen LogP contribution is -2.10. The first-order valence-corrected chi connectivity index (χ1v) is 6.04. The largest absolute Gasteiger partial charge is 0.306 e. The first-order valence-electron chi connectivity index (χ1n) is 5.16. The van der Waals surface area contributed by atoms with Gasteiger partial charge >= 0.3 is 0 Å². The second-order valence-electron chi connectivity index (χ2n) is 3.56. The third-order valence-electron chi connectivity index (χ3n) is 2.58. The van der Waals surface area contributed by atoms with Crippen LogP contribution < -0.4 is 11.3 Å². The number of fused-ring (bicyclic) bond motifs is 1. The molecule has 2 aromatic heterocycles. The highest BCUT2D eigenvalue weighted by Crippen LogP contribution is 2.31. The number of benzene rings is 1. The van der Waals surface area contributed by atoms with E-state index >= 15 is 0 Å². The first-order chi connectivity index (χ1) is 8.40.